The highest BCUT2D eigenvalue weighted by Gasteiger charge is 2.40. The van der Waals surface area contributed by atoms with Crippen molar-refractivity contribution in [3.63, 3.8) is 0 Å². The molecular formula is C16H22ClN3O. The van der Waals surface area contributed by atoms with Gasteiger partial charge in [-0.15, -0.1) is 5.10 Å². The molecule has 0 aliphatic heterocycles. The van der Waals surface area contributed by atoms with E-state index >= 15 is 0 Å². The van der Waals surface area contributed by atoms with E-state index in [1.54, 1.807) is 17.1 Å². The zero-order valence-electron chi connectivity index (χ0n) is 12.8. The minimum atomic E-state index is -0.861. The fraction of sp³-hybridized carbons (Fsp3) is 0.500. The first-order valence-corrected chi connectivity index (χ1v) is 7.49. The van der Waals surface area contributed by atoms with Gasteiger partial charge in [0.05, 0.1) is 18.3 Å². The van der Waals surface area contributed by atoms with E-state index in [0.29, 0.717) is 13.0 Å². The Morgan fingerprint density at radius 1 is 1.19 bits per heavy atom. The topological polar surface area (TPSA) is 50.9 Å². The first-order chi connectivity index (χ1) is 9.80. The summed E-state index contributed by atoms with van der Waals surface area (Å²) >= 11 is 5.90. The van der Waals surface area contributed by atoms with Gasteiger partial charge in [-0.3, -0.25) is 0 Å². The maximum atomic E-state index is 11.1. The van der Waals surface area contributed by atoms with Gasteiger partial charge in [-0.1, -0.05) is 49.7 Å². The molecule has 114 valence electrons. The predicted octanol–water partition coefficient (Wildman–Crippen LogP) is 3.34. The predicted molar refractivity (Wildman–Crippen MR) is 84.2 cm³/mol. The number of aliphatic hydroxyl groups is 1. The highest BCUT2D eigenvalue weighted by Crippen LogP contribution is 2.35. The van der Waals surface area contributed by atoms with Crippen LogP contribution in [0.2, 0.25) is 5.02 Å². The first kappa shape index (κ1) is 16.0. The molecule has 1 atom stereocenters. The van der Waals surface area contributed by atoms with Crippen molar-refractivity contribution in [2.45, 2.75) is 45.8 Å². The highest BCUT2D eigenvalue weighted by atomic mass is 35.5. The third-order valence-corrected chi connectivity index (χ3v) is 4.28. The number of benzene rings is 1. The zero-order chi connectivity index (χ0) is 15.5. The molecule has 1 N–H and O–H groups in total. The van der Waals surface area contributed by atoms with Crippen molar-refractivity contribution in [2.75, 3.05) is 0 Å². The monoisotopic (exact) mass is 307 g/mol. The molecule has 0 saturated carbocycles. The van der Waals surface area contributed by atoms with E-state index in [1.165, 1.54) is 5.56 Å². The molecule has 1 heterocycles. The van der Waals surface area contributed by atoms with Crippen molar-refractivity contribution in [2.24, 2.45) is 5.41 Å². The molecule has 2 aromatic rings. The maximum Gasteiger partial charge on any atom is 0.0894 e. The Morgan fingerprint density at radius 3 is 2.38 bits per heavy atom. The van der Waals surface area contributed by atoms with Crippen molar-refractivity contribution >= 4 is 11.6 Å². The second kappa shape index (κ2) is 6.16. The normalized spacial score (nSPS) is 14.9. The van der Waals surface area contributed by atoms with Crippen molar-refractivity contribution in [1.82, 2.24) is 15.0 Å². The molecule has 0 aliphatic carbocycles. The summed E-state index contributed by atoms with van der Waals surface area (Å²) in [6, 6.07) is 7.76. The molecule has 0 saturated heterocycles. The highest BCUT2D eigenvalue weighted by molar-refractivity contribution is 6.30. The van der Waals surface area contributed by atoms with Crippen LogP contribution < -0.4 is 0 Å². The molecule has 4 nitrogen and oxygen atoms in total. The third-order valence-electron chi connectivity index (χ3n) is 4.03. The molecule has 1 aromatic carbocycles. The molecule has 0 spiro atoms. The van der Waals surface area contributed by atoms with Crippen LogP contribution in [0.15, 0.2) is 36.7 Å². The smallest absolute Gasteiger partial charge is 0.0894 e. The molecule has 21 heavy (non-hydrogen) atoms. The number of hydrogen-bond donors (Lipinski definition) is 1. The number of aryl methyl sites for hydroxylation is 1. The van der Waals surface area contributed by atoms with E-state index in [4.69, 9.17) is 11.6 Å². The Labute approximate surface area is 130 Å². The number of halogens is 1. The lowest BCUT2D eigenvalue weighted by Gasteiger charge is -2.40. The summed E-state index contributed by atoms with van der Waals surface area (Å²) in [6.07, 6.45) is 4.85. The van der Waals surface area contributed by atoms with Gasteiger partial charge in [0.15, 0.2) is 0 Å². The number of aromatic nitrogens is 3. The maximum absolute atomic E-state index is 11.1. The Hall–Kier alpha value is -1.39. The molecule has 5 heteroatoms. The average molecular weight is 308 g/mol. The molecule has 1 aromatic heterocycles. The van der Waals surface area contributed by atoms with Crippen molar-refractivity contribution in [3.05, 3.63) is 47.2 Å². The Morgan fingerprint density at radius 2 is 1.86 bits per heavy atom. The lowest BCUT2D eigenvalue weighted by atomic mass is 9.73. The summed E-state index contributed by atoms with van der Waals surface area (Å²) < 4.78 is 1.69. The lowest BCUT2D eigenvalue weighted by molar-refractivity contribution is -0.0798. The number of rotatable bonds is 5. The van der Waals surface area contributed by atoms with Gasteiger partial charge in [-0.05, 0) is 36.0 Å². The van der Waals surface area contributed by atoms with Gasteiger partial charge in [-0.25, -0.2) is 4.68 Å². The SMILES string of the molecule is CC(C)(C)C(O)(CCc1ccc(Cl)cc1)Cn1ccnn1. The van der Waals surface area contributed by atoms with E-state index in [0.717, 1.165) is 11.4 Å². The quantitative estimate of drug-likeness (QED) is 0.921. The van der Waals surface area contributed by atoms with Crippen molar-refractivity contribution in [3.8, 4) is 0 Å². The molecular weight excluding hydrogens is 286 g/mol. The van der Waals surface area contributed by atoms with E-state index in [2.05, 4.69) is 10.3 Å². The van der Waals surface area contributed by atoms with E-state index in [1.807, 2.05) is 45.0 Å². The van der Waals surface area contributed by atoms with Gasteiger partial charge in [0.2, 0.25) is 0 Å². The van der Waals surface area contributed by atoms with Gasteiger partial charge < -0.3 is 5.11 Å². The van der Waals surface area contributed by atoms with Gasteiger partial charge >= 0.3 is 0 Å². The molecule has 0 aliphatic rings. The summed E-state index contributed by atoms with van der Waals surface area (Å²) in [7, 11) is 0. The van der Waals surface area contributed by atoms with Crippen LogP contribution in [0.3, 0.4) is 0 Å². The van der Waals surface area contributed by atoms with Gasteiger partial charge in [0.1, 0.15) is 0 Å². The lowest BCUT2D eigenvalue weighted by Crippen LogP contribution is -2.47. The second-order valence-electron chi connectivity index (χ2n) is 6.51. The van der Waals surface area contributed by atoms with Crippen LogP contribution in [0.5, 0.6) is 0 Å². The molecule has 2 rings (SSSR count). The molecule has 0 bridgehead atoms. The van der Waals surface area contributed by atoms with Crippen LogP contribution >= 0.6 is 11.6 Å². The van der Waals surface area contributed by atoms with Gasteiger partial charge in [0.25, 0.3) is 0 Å². The van der Waals surface area contributed by atoms with E-state index in [9.17, 15) is 5.11 Å². The second-order valence-corrected chi connectivity index (χ2v) is 6.95. The summed E-state index contributed by atoms with van der Waals surface area (Å²) in [5.41, 5.74) is 0.0479. The zero-order valence-corrected chi connectivity index (χ0v) is 13.5. The van der Waals surface area contributed by atoms with E-state index < -0.39 is 5.60 Å². The Kier molecular flexibility index (Phi) is 4.69. The summed E-state index contributed by atoms with van der Waals surface area (Å²) in [5, 5.41) is 19.6. The van der Waals surface area contributed by atoms with Crippen LogP contribution in [-0.2, 0) is 13.0 Å². The van der Waals surface area contributed by atoms with E-state index in [-0.39, 0.29) is 5.41 Å². The first-order valence-electron chi connectivity index (χ1n) is 7.11. The standard InChI is InChI=1S/C16H22ClN3O/c1-15(2,3)16(21,12-20-11-10-18-19-20)9-8-13-4-6-14(17)7-5-13/h4-7,10-11,21H,8-9,12H2,1-3H3. The number of hydrogen-bond acceptors (Lipinski definition) is 3. The Bertz CT molecular complexity index is 560. The summed E-state index contributed by atoms with van der Waals surface area (Å²) in [4.78, 5) is 0. The average Bonchev–Trinajstić information content (AvgIpc) is 2.89. The van der Waals surface area contributed by atoms with Crippen LogP contribution in [0.1, 0.15) is 32.8 Å². The summed E-state index contributed by atoms with van der Waals surface area (Å²) in [6.45, 7) is 6.58. The minimum Gasteiger partial charge on any atom is -0.387 e. The van der Waals surface area contributed by atoms with Crippen LogP contribution in [-0.4, -0.2) is 25.7 Å². The number of nitrogens with zero attached hydrogens (tertiary/aromatic N) is 3. The molecule has 0 fully saturated rings. The van der Waals surface area contributed by atoms with Crippen LogP contribution in [0.25, 0.3) is 0 Å². The molecule has 0 amide bonds. The van der Waals surface area contributed by atoms with Crippen LogP contribution in [0.4, 0.5) is 0 Å². The van der Waals surface area contributed by atoms with Crippen molar-refractivity contribution in [1.29, 1.82) is 0 Å². The molecule has 1 unspecified atom stereocenters. The third kappa shape index (κ3) is 4.05. The van der Waals surface area contributed by atoms with Crippen molar-refractivity contribution < 1.29 is 5.11 Å². The van der Waals surface area contributed by atoms with Gasteiger partial charge in [0, 0.05) is 11.2 Å². The Balaban J connectivity index is 2.11. The minimum absolute atomic E-state index is 0.259. The largest absolute Gasteiger partial charge is 0.387 e. The summed E-state index contributed by atoms with van der Waals surface area (Å²) in [5.74, 6) is 0. The van der Waals surface area contributed by atoms with Gasteiger partial charge in [-0.2, -0.15) is 0 Å². The fourth-order valence-corrected chi connectivity index (χ4v) is 2.40. The molecule has 0 radical (unpaired) electrons. The van der Waals surface area contributed by atoms with Crippen LogP contribution in [0, 0.1) is 5.41 Å². The fourth-order valence-electron chi connectivity index (χ4n) is 2.28.